The van der Waals surface area contributed by atoms with Crippen molar-refractivity contribution >= 4 is 5.97 Å². The molecule has 0 radical (unpaired) electrons. The molecule has 3 nitrogen and oxygen atoms in total. The van der Waals surface area contributed by atoms with E-state index in [1.807, 2.05) is 0 Å². The molecule has 0 aromatic carbocycles. The molecule has 0 aliphatic heterocycles. The Kier molecular flexibility index (Phi) is 3.54. The molecule has 0 saturated carbocycles. The SMILES string of the molecule is O=C(O)Cc1cc(C(F)(F)F)cnc1C(F)(F)F. The molecule has 0 aliphatic rings. The molecule has 0 unspecified atom stereocenters. The second-order valence-electron chi connectivity index (χ2n) is 3.30. The van der Waals surface area contributed by atoms with Crippen LogP contribution in [-0.2, 0) is 23.6 Å². The molecule has 0 aliphatic carbocycles. The van der Waals surface area contributed by atoms with Gasteiger partial charge in [-0.15, -0.1) is 0 Å². The van der Waals surface area contributed by atoms with Crippen molar-refractivity contribution in [2.24, 2.45) is 0 Å². The van der Waals surface area contributed by atoms with Crippen molar-refractivity contribution in [1.82, 2.24) is 4.98 Å². The molecule has 0 fully saturated rings. The van der Waals surface area contributed by atoms with Gasteiger partial charge in [-0.1, -0.05) is 0 Å². The van der Waals surface area contributed by atoms with Gasteiger partial charge in [0.1, 0.15) is 5.69 Å². The number of carbonyl (C=O) groups is 1. The molecule has 0 atom stereocenters. The Hall–Kier alpha value is -1.80. The highest BCUT2D eigenvalue weighted by Gasteiger charge is 2.38. The van der Waals surface area contributed by atoms with Crippen LogP contribution in [-0.4, -0.2) is 16.1 Å². The molecule has 1 aromatic rings. The first-order chi connectivity index (χ1) is 8.01. The number of alkyl halides is 6. The number of nitrogens with zero attached hydrogens (tertiary/aromatic N) is 1. The lowest BCUT2D eigenvalue weighted by Crippen LogP contribution is -2.17. The van der Waals surface area contributed by atoms with E-state index >= 15 is 0 Å². The minimum Gasteiger partial charge on any atom is -0.481 e. The Morgan fingerprint density at radius 1 is 1.17 bits per heavy atom. The van der Waals surface area contributed by atoms with Gasteiger partial charge < -0.3 is 5.11 Å². The Morgan fingerprint density at radius 3 is 2.11 bits per heavy atom. The van der Waals surface area contributed by atoms with E-state index < -0.39 is 41.6 Å². The molecular formula is C9H5F6NO2. The number of rotatable bonds is 2. The van der Waals surface area contributed by atoms with E-state index in [1.54, 1.807) is 0 Å². The topological polar surface area (TPSA) is 50.2 Å². The molecule has 1 aromatic heterocycles. The van der Waals surface area contributed by atoms with E-state index in [4.69, 9.17) is 5.11 Å². The van der Waals surface area contributed by atoms with Gasteiger partial charge in [0.2, 0.25) is 0 Å². The molecule has 1 N–H and O–H groups in total. The van der Waals surface area contributed by atoms with Gasteiger partial charge in [-0.25, -0.2) is 0 Å². The summed E-state index contributed by atoms with van der Waals surface area (Å²) in [5, 5.41) is 8.37. The van der Waals surface area contributed by atoms with Gasteiger partial charge in [0.15, 0.2) is 0 Å². The number of aromatic nitrogens is 1. The first-order valence-corrected chi connectivity index (χ1v) is 4.37. The van der Waals surface area contributed by atoms with Crippen molar-refractivity contribution in [2.45, 2.75) is 18.8 Å². The van der Waals surface area contributed by atoms with Crippen molar-refractivity contribution in [1.29, 1.82) is 0 Å². The van der Waals surface area contributed by atoms with Crippen LogP contribution in [0.4, 0.5) is 26.3 Å². The standard InChI is InChI=1S/C9H5F6NO2/c10-8(11,12)5-1-4(2-6(17)18)7(16-3-5)9(13,14)15/h1,3H,2H2,(H,17,18). The number of pyridine rings is 1. The summed E-state index contributed by atoms with van der Waals surface area (Å²) in [6, 6.07) is 0.143. The van der Waals surface area contributed by atoms with Gasteiger partial charge in [-0.2, -0.15) is 26.3 Å². The van der Waals surface area contributed by atoms with Gasteiger partial charge in [0.05, 0.1) is 12.0 Å². The van der Waals surface area contributed by atoms with Crippen LogP contribution >= 0.6 is 0 Å². The molecule has 9 heteroatoms. The van der Waals surface area contributed by atoms with E-state index in [9.17, 15) is 31.1 Å². The minimum atomic E-state index is -5.01. The molecule has 18 heavy (non-hydrogen) atoms. The fourth-order valence-corrected chi connectivity index (χ4v) is 1.22. The largest absolute Gasteiger partial charge is 0.481 e. The summed E-state index contributed by atoms with van der Waals surface area (Å²) in [6.45, 7) is 0. The highest BCUT2D eigenvalue weighted by Crippen LogP contribution is 2.34. The number of carboxylic acids is 1. The van der Waals surface area contributed by atoms with Crippen LogP contribution in [0, 0.1) is 0 Å². The number of hydrogen-bond donors (Lipinski definition) is 1. The third-order valence-corrected chi connectivity index (χ3v) is 1.90. The first-order valence-electron chi connectivity index (χ1n) is 4.37. The second-order valence-corrected chi connectivity index (χ2v) is 3.30. The lowest BCUT2D eigenvalue weighted by atomic mass is 10.1. The predicted molar refractivity (Wildman–Crippen MR) is 45.6 cm³/mol. The number of carboxylic acid groups (broad SMARTS) is 1. The maximum atomic E-state index is 12.4. The first kappa shape index (κ1) is 14.3. The van der Waals surface area contributed by atoms with Crippen LogP contribution in [0.25, 0.3) is 0 Å². The molecule has 100 valence electrons. The van der Waals surface area contributed by atoms with Gasteiger partial charge in [-0.05, 0) is 11.6 Å². The summed E-state index contributed by atoms with van der Waals surface area (Å²) in [4.78, 5) is 13.0. The van der Waals surface area contributed by atoms with Crippen molar-refractivity contribution < 1.29 is 36.2 Å². The summed E-state index contributed by atoms with van der Waals surface area (Å²) >= 11 is 0. The smallest absolute Gasteiger partial charge is 0.433 e. The van der Waals surface area contributed by atoms with E-state index in [2.05, 4.69) is 4.98 Å². The van der Waals surface area contributed by atoms with Crippen LogP contribution < -0.4 is 0 Å². The Morgan fingerprint density at radius 2 is 1.72 bits per heavy atom. The van der Waals surface area contributed by atoms with E-state index in [-0.39, 0.29) is 12.3 Å². The zero-order valence-corrected chi connectivity index (χ0v) is 8.43. The number of hydrogen-bond acceptors (Lipinski definition) is 2. The van der Waals surface area contributed by atoms with Crippen molar-refractivity contribution in [3.05, 3.63) is 29.1 Å². The molecule has 0 saturated heterocycles. The van der Waals surface area contributed by atoms with Crippen LogP contribution in [0.3, 0.4) is 0 Å². The van der Waals surface area contributed by atoms with Crippen molar-refractivity contribution in [3.63, 3.8) is 0 Å². The van der Waals surface area contributed by atoms with Gasteiger partial charge in [0.25, 0.3) is 0 Å². The molecule has 0 amide bonds. The van der Waals surface area contributed by atoms with E-state index in [0.717, 1.165) is 0 Å². The minimum absolute atomic E-state index is 0.0220. The van der Waals surface area contributed by atoms with Crippen molar-refractivity contribution in [3.8, 4) is 0 Å². The second kappa shape index (κ2) is 4.46. The molecule has 1 heterocycles. The quantitative estimate of drug-likeness (QED) is 0.843. The highest BCUT2D eigenvalue weighted by molar-refractivity contribution is 5.70. The maximum absolute atomic E-state index is 12.4. The average Bonchev–Trinajstić information content (AvgIpc) is 2.13. The Balaban J connectivity index is 3.34. The number of aliphatic carboxylic acids is 1. The Bertz CT molecular complexity index is 465. The maximum Gasteiger partial charge on any atom is 0.433 e. The van der Waals surface area contributed by atoms with Crippen LogP contribution in [0.1, 0.15) is 16.8 Å². The van der Waals surface area contributed by atoms with E-state index in [1.165, 1.54) is 0 Å². The number of halogens is 6. The zero-order chi connectivity index (χ0) is 14.1. The normalized spacial score (nSPS) is 12.6. The predicted octanol–water partition coefficient (Wildman–Crippen LogP) is 2.75. The van der Waals surface area contributed by atoms with Crippen molar-refractivity contribution in [2.75, 3.05) is 0 Å². The molecule has 0 spiro atoms. The third kappa shape index (κ3) is 3.34. The summed E-state index contributed by atoms with van der Waals surface area (Å²) in [6.07, 6.45) is -11.1. The van der Waals surface area contributed by atoms with Gasteiger partial charge >= 0.3 is 18.3 Å². The van der Waals surface area contributed by atoms with Gasteiger partial charge in [0, 0.05) is 6.20 Å². The van der Waals surface area contributed by atoms with Crippen LogP contribution in [0.2, 0.25) is 0 Å². The monoisotopic (exact) mass is 273 g/mol. The van der Waals surface area contributed by atoms with Crippen LogP contribution in [0.15, 0.2) is 12.3 Å². The van der Waals surface area contributed by atoms with E-state index in [0.29, 0.717) is 0 Å². The molecule has 0 bridgehead atoms. The summed E-state index contributed by atoms with van der Waals surface area (Å²) < 4.78 is 74.0. The fourth-order valence-electron chi connectivity index (χ4n) is 1.22. The summed E-state index contributed by atoms with van der Waals surface area (Å²) in [5.41, 5.74) is -4.07. The lowest BCUT2D eigenvalue weighted by Gasteiger charge is -2.13. The summed E-state index contributed by atoms with van der Waals surface area (Å²) in [5.74, 6) is -1.68. The van der Waals surface area contributed by atoms with Crippen LogP contribution in [0.5, 0.6) is 0 Å². The summed E-state index contributed by atoms with van der Waals surface area (Å²) in [7, 11) is 0. The molecule has 1 rings (SSSR count). The lowest BCUT2D eigenvalue weighted by molar-refractivity contribution is -0.145. The zero-order valence-electron chi connectivity index (χ0n) is 8.43. The van der Waals surface area contributed by atoms with Gasteiger partial charge in [-0.3, -0.25) is 9.78 Å². The average molecular weight is 273 g/mol. The highest BCUT2D eigenvalue weighted by atomic mass is 19.4. The Labute approximate surface area is 96.1 Å². The molecular weight excluding hydrogens is 268 g/mol. The third-order valence-electron chi connectivity index (χ3n) is 1.90. The fraction of sp³-hybridized carbons (Fsp3) is 0.333.